The van der Waals surface area contributed by atoms with E-state index in [1.165, 1.54) is 6.08 Å². The molecule has 0 radical (unpaired) electrons. The van der Waals surface area contributed by atoms with Crippen LogP contribution in [0.3, 0.4) is 0 Å². The van der Waals surface area contributed by atoms with Crippen molar-refractivity contribution < 1.29 is 9.90 Å². The van der Waals surface area contributed by atoms with Crippen LogP contribution >= 0.6 is 11.6 Å². The highest BCUT2D eigenvalue weighted by Gasteiger charge is 2.30. The first-order chi connectivity index (χ1) is 18.9. The van der Waals surface area contributed by atoms with E-state index in [-0.39, 0.29) is 17.9 Å². The molecule has 1 amide bonds. The van der Waals surface area contributed by atoms with Gasteiger partial charge >= 0.3 is 0 Å². The molecule has 0 aliphatic carbocycles. The van der Waals surface area contributed by atoms with Gasteiger partial charge in [0.15, 0.2) is 0 Å². The normalized spacial score (nSPS) is 18.5. The number of H-pyrrole nitrogens is 1. The lowest BCUT2D eigenvalue weighted by atomic mass is 9.93. The molecule has 202 valence electrons. The summed E-state index contributed by atoms with van der Waals surface area (Å²) in [5.41, 5.74) is 4.32. The van der Waals surface area contributed by atoms with Gasteiger partial charge < -0.3 is 25.6 Å². The maximum atomic E-state index is 11.5. The van der Waals surface area contributed by atoms with Crippen LogP contribution in [-0.2, 0) is 11.3 Å². The van der Waals surface area contributed by atoms with Gasteiger partial charge in [0, 0.05) is 59.9 Å². The number of para-hydroxylation sites is 1. The molecule has 1 aliphatic rings. The lowest BCUT2D eigenvalue weighted by Gasteiger charge is -2.38. The van der Waals surface area contributed by atoms with Crippen molar-refractivity contribution in [2.75, 3.05) is 30.8 Å². The number of fused-ring (bicyclic) bond motifs is 1. The zero-order valence-corrected chi connectivity index (χ0v) is 22.4. The smallest absolute Gasteiger partial charge is 0.247 e. The highest BCUT2D eigenvalue weighted by Crippen LogP contribution is 2.32. The number of nitrogens with zero attached hydrogens (tertiary/aromatic N) is 3. The maximum Gasteiger partial charge on any atom is 0.247 e. The van der Waals surface area contributed by atoms with Gasteiger partial charge in [0.2, 0.25) is 11.9 Å². The molecule has 2 aromatic heterocycles. The molecule has 0 bridgehead atoms. The summed E-state index contributed by atoms with van der Waals surface area (Å²) in [6, 6.07) is 15.6. The van der Waals surface area contributed by atoms with Gasteiger partial charge in [-0.2, -0.15) is 0 Å². The van der Waals surface area contributed by atoms with Gasteiger partial charge in [-0.1, -0.05) is 48.5 Å². The molecular formula is C29H32ClN7O2. The number of likely N-dealkylation sites (N-methyl/N-ethyl adjacent to an activating group) is 1. The van der Waals surface area contributed by atoms with Crippen LogP contribution in [0.4, 0.5) is 11.6 Å². The number of piperidine rings is 1. The Morgan fingerprint density at radius 3 is 2.85 bits per heavy atom. The van der Waals surface area contributed by atoms with E-state index in [0.29, 0.717) is 28.9 Å². The number of amides is 1. The number of halogens is 1. The van der Waals surface area contributed by atoms with Crippen molar-refractivity contribution in [2.45, 2.75) is 25.2 Å². The van der Waals surface area contributed by atoms with Crippen molar-refractivity contribution in [1.82, 2.24) is 25.2 Å². The Bertz CT molecular complexity index is 1460. The van der Waals surface area contributed by atoms with Gasteiger partial charge in [-0.25, -0.2) is 9.97 Å². The molecular weight excluding hydrogens is 514 g/mol. The van der Waals surface area contributed by atoms with Crippen molar-refractivity contribution in [3.8, 4) is 11.3 Å². The van der Waals surface area contributed by atoms with Crippen molar-refractivity contribution in [1.29, 1.82) is 0 Å². The standard InChI is InChI=1S/C29H32ClN7O2/c1-3-26(38)34-20-10-8-18(9-11-20)13-32-28(39)19-12-21(17-37(2)16-19)35-29-33-15-24(30)27(36-29)23-14-31-25-7-5-4-6-22(23)25/h3-11,14-15,19,21,28,31-32,39H,1,12-13,16-17H2,2H3,(H,34,38)(H,33,35,36). The second-order valence-electron chi connectivity index (χ2n) is 9.91. The molecule has 39 heavy (non-hydrogen) atoms. The van der Waals surface area contributed by atoms with Gasteiger partial charge in [-0.15, -0.1) is 0 Å². The molecule has 2 aromatic carbocycles. The van der Waals surface area contributed by atoms with Gasteiger partial charge in [-0.3, -0.25) is 10.1 Å². The molecule has 0 spiro atoms. The Kier molecular flexibility index (Phi) is 8.23. The van der Waals surface area contributed by atoms with Gasteiger partial charge in [-0.05, 0) is 43.3 Å². The topological polar surface area (TPSA) is 118 Å². The van der Waals surface area contributed by atoms with Crippen molar-refractivity contribution in [3.63, 3.8) is 0 Å². The Morgan fingerprint density at radius 2 is 2.05 bits per heavy atom. The van der Waals surface area contributed by atoms with Crippen LogP contribution in [-0.4, -0.2) is 63.3 Å². The minimum Gasteiger partial charge on any atom is -0.378 e. The monoisotopic (exact) mass is 545 g/mol. The van der Waals surface area contributed by atoms with Crippen LogP contribution in [0.15, 0.2) is 73.6 Å². The average Bonchev–Trinajstić information content (AvgIpc) is 3.37. The molecule has 1 fully saturated rings. The average molecular weight is 546 g/mol. The van der Waals surface area contributed by atoms with Crippen LogP contribution in [0, 0.1) is 5.92 Å². The zero-order chi connectivity index (χ0) is 27.4. The van der Waals surface area contributed by atoms with E-state index in [2.05, 4.69) is 37.4 Å². The zero-order valence-electron chi connectivity index (χ0n) is 21.7. The summed E-state index contributed by atoms with van der Waals surface area (Å²) in [6.07, 6.45) is 4.84. The first-order valence-corrected chi connectivity index (χ1v) is 13.3. The molecule has 5 N–H and O–H groups in total. The van der Waals surface area contributed by atoms with Crippen LogP contribution in [0.25, 0.3) is 22.2 Å². The number of benzene rings is 2. The number of aliphatic hydroxyl groups is 1. The number of hydrogen-bond acceptors (Lipinski definition) is 7. The Hall–Kier alpha value is -3.76. The molecule has 1 aliphatic heterocycles. The van der Waals surface area contributed by atoms with E-state index in [0.717, 1.165) is 41.5 Å². The Morgan fingerprint density at radius 1 is 1.26 bits per heavy atom. The number of aromatic amines is 1. The van der Waals surface area contributed by atoms with Crippen LogP contribution in [0.5, 0.6) is 0 Å². The van der Waals surface area contributed by atoms with E-state index in [1.807, 2.05) is 61.8 Å². The van der Waals surface area contributed by atoms with Gasteiger partial charge in [0.05, 0.1) is 16.9 Å². The predicted molar refractivity (Wildman–Crippen MR) is 155 cm³/mol. The van der Waals surface area contributed by atoms with E-state index < -0.39 is 6.23 Å². The first-order valence-electron chi connectivity index (χ1n) is 12.9. The number of aliphatic hydroxyl groups excluding tert-OH is 1. The third kappa shape index (κ3) is 6.46. The summed E-state index contributed by atoms with van der Waals surface area (Å²) in [7, 11) is 2.05. The molecule has 9 nitrogen and oxygen atoms in total. The summed E-state index contributed by atoms with van der Waals surface area (Å²) in [6.45, 7) is 5.53. The van der Waals surface area contributed by atoms with E-state index in [9.17, 15) is 9.90 Å². The van der Waals surface area contributed by atoms with Crippen LogP contribution < -0.4 is 16.0 Å². The van der Waals surface area contributed by atoms with E-state index in [1.54, 1.807) is 6.20 Å². The SMILES string of the molecule is C=CC(=O)Nc1ccc(CNC(O)C2CC(Nc3ncc(Cl)c(-c4c[nH]c5ccccc45)n3)CN(C)C2)cc1. The molecule has 1 saturated heterocycles. The molecule has 3 atom stereocenters. The second-order valence-corrected chi connectivity index (χ2v) is 10.3. The number of hydrogen-bond donors (Lipinski definition) is 5. The predicted octanol–water partition coefficient (Wildman–Crippen LogP) is 4.24. The molecule has 5 rings (SSSR count). The fourth-order valence-corrected chi connectivity index (χ4v) is 5.26. The summed E-state index contributed by atoms with van der Waals surface area (Å²) < 4.78 is 0. The largest absolute Gasteiger partial charge is 0.378 e. The van der Waals surface area contributed by atoms with E-state index in [4.69, 9.17) is 16.6 Å². The van der Waals surface area contributed by atoms with Crippen LogP contribution in [0.2, 0.25) is 5.02 Å². The minimum atomic E-state index is -0.690. The molecule has 3 unspecified atom stereocenters. The first kappa shape index (κ1) is 26.8. The number of aromatic nitrogens is 3. The third-order valence-corrected chi connectivity index (χ3v) is 7.23. The second kappa shape index (κ2) is 12.0. The summed E-state index contributed by atoms with van der Waals surface area (Å²) >= 11 is 6.50. The molecule has 10 heteroatoms. The lowest BCUT2D eigenvalue weighted by molar-refractivity contribution is -0.111. The Balaban J connectivity index is 1.21. The van der Waals surface area contributed by atoms with Crippen LogP contribution in [0.1, 0.15) is 12.0 Å². The molecule has 0 saturated carbocycles. The summed E-state index contributed by atoms with van der Waals surface area (Å²) in [4.78, 5) is 26.1. The quantitative estimate of drug-likeness (QED) is 0.158. The number of carbonyl (C=O) groups is 1. The minimum absolute atomic E-state index is 0.00721. The third-order valence-electron chi connectivity index (χ3n) is 6.96. The summed E-state index contributed by atoms with van der Waals surface area (Å²) in [5, 5.41) is 21.9. The highest BCUT2D eigenvalue weighted by atomic mass is 35.5. The number of likely N-dealkylation sites (tertiary alicyclic amines) is 1. The fraction of sp³-hybridized carbons (Fsp3) is 0.276. The molecule has 4 aromatic rings. The van der Waals surface area contributed by atoms with E-state index >= 15 is 0 Å². The van der Waals surface area contributed by atoms with Gasteiger partial charge in [0.25, 0.3) is 0 Å². The lowest BCUT2D eigenvalue weighted by Crippen LogP contribution is -2.51. The number of carbonyl (C=O) groups excluding carboxylic acids is 1. The van der Waals surface area contributed by atoms with Crippen molar-refractivity contribution in [3.05, 3.63) is 84.2 Å². The summed E-state index contributed by atoms with van der Waals surface area (Å²) in [5.74, 6) is 0.261. The van der Waals surface area contributed by atoms with Crippen molar-refractivity contribution >= 4 is 40.0 Å². The van der Waals surface area contributed by atoms with Gasteiger partial charge in [0.1, 0.15) is 6.23 Å². The number of rotatable bonds is 9. The van der Waals surface area contributed by atoms with Crippen molar-refractivity contribution in [2.24, 2.45) is 5.92 Å². The Labute approximate surface area is 232 Å². The number of anilines is 2. The molecule has 3 heterocycles. The maximum absolute atomic E-state index is 11.5. The number of nitrogens with one attached hydrogen (secondary N) is 4. The highest BCUT2D eigenvalue weighted by molar-refractivity contribution is 6.33. The fourth-order valence-electron chi connectivity index (χ4n) is 5.06.